The Hall–Kier alpha value is -0.940. The van der Waals surface area contributed by atoms with E-state index in [1.165, 1.54) is 11.5 Å². The van der Waals surface area contributed by atoms with E-state index in [1.807, 2.05) is 6.92 Å². The molecule has 1 N–H and O–H groups in total. The second-order valence-electron chi connectivity index (χ2n) is 4.91. The fourth-order valence-electron chi connectivity index (χ4n) is 2.42. The maximum absolute atomic E-state index is 11.6. The highest BCUT2D eigenvalue weighted by Gasteiger charge is 2.23. The van der Waals surface area contributed by atoms with Crippen LogP contribution < -0.4 is 5.32 Å². The number of anilines is 1. The lowest BCUT2D eigenvalue weighted by Crippen LogP contribution is -2.31. The molecule has 4 nitrogen and oxygen atoms in total. The summed E-state index contributed by atoms with van der Waals surface area (Å²) in [6.07, 6.45) is 2.17. The number of carbonyl (C=O) groups is 1. The van der Waals surface area contributed by atoms with Crippen LogP contribution in [0, 0.1) is 12.8 Å². The Balaban J connectivity index is 2.06. The van der Waals surface area contributed by atoms with E-state index in [1.54, 1.807) is 6.92 Å². The van der Waals surface area contributed by atoms with Gasteiger partial charge in [0.05, 0.1) is 11.3 Å². The van der Waals surface area contributed by atoms with Gasteiger partial charge in [-0.3, -0.25) is 4.79 Å². The minimum absolute atomic E-state index is 0.0860. The molecule has 1 atom stereocenters. The molecule has 0 amide bonds. The molecule has 1 saturated heterocycles. The molecule has 0 aliphatic carbocycles. The van der Waals surface area contributed by atoms with Crippen LogP contribution in [0.25, 0.3) is 0 Å². The van der Waals surface area contributed by atoms with E-state index in [2.05, 4.69) is 16.6 Å². The molecule has 1 unspecified atom stereocenters. The number of hydrogen-bond acceptors (Lipinski definition) is 5. The molecular formula is C13H20N2O2S. The molecule has 1 aliphatic rings. The third-order valence-electron chi connectivity index (χ3n) is 3.55. The molecule has 5 heteroatoms. The van der Waals surface area contributed by atoms with Gasteiger partial charge in [0.1, 0.15) is 5.00 Å². The van der Waals surface area contributed by atoms with Crippen LogP contribution in [-0.4, -0.2) is 29.4 Å². The van der Waals surface area contributed by atoms with E-state index in [9.17, 15) is 4.79 Å². The van der Waals surface area contributed by atoms with Crippen molar-refractivity contribution in [3.05, 3.63) is 11.3 Å². The van der Waals surface area contributed by atoms with Gasteiger partial charge in [0.25, 0.3) is 0 Å². The normalized spacial score (nSPS) is 18.6. The summed E-state index contributed by atoms with van der Waals surface area (Å²) < 4.78 is 9.64. The molecule has 2 heterocycles. The Morgan fingerprint density at radius 3 is 2.78 bits per heavy atom. The van der Waals surface area contributed by atoms with E-state index >= 15 is 0 Å². The van der Waals surface area contributed by atoms with E-state index in [-0.39, 0.29) is 5.78 Å². The van der Waals surface area contributed by atoms with Crippen molar-refractivity contribution in [1.29, 1.82) is 0 Å². The number of ether oxygens (including phenoxy) is 1. The van der Waals surface area contributed by atoms with Gasteiger partial charge in [-0.1, -0.05) is 0 Å². The summed E-state index contributed by atoms with van der Waals surface area (Å²) in [5.41, 5.74) is 1.58. The van der Waals surface area contributed by atoms with Crippen molar-refractivity contribution in [2.45, 2.75) is 39.7 Å². The van der Waals surface area contributed by atoms with E-state index in [0.29, 0.717) is 12.0 Å². The largest absolute Gasteiger partial charge is 0.381 e. The average molecular weight is 268 g/mol. The minimum atomic E-state index is 0.0860. The predicted molar refractivity (Wildman–Crippen MR) is 73.5 cm³/mol. The van der Waals surface area contributed by atoms with Crippen molar-refractivity contribution in [3.63, 3.8) is 0 Å². The van der Waals surface area contributed by atoms with Gasteiger partial charge in [0.2, 0.25) is 0 Å². The van der Waals surface area contributed by atoms with Crippen LogP contribution in [0.15, 0.2) is 0 Å². The Morgan fingerprint density at radius 2 is 2.17 bits per heavy atom. The number of carbonyl (C=O) groups excluding carboxylic acids is 1. The van der Waals surface area contributed by atoms with E-state index in [0.717, 1.165) is 42.3 Å². The molecule has 100 valence electrons. The molecule has 1 aromatic rings. The Kier molecular flexibility index (Phi) is 4.35. The van der Waals surface area contributed by atoms with E-state index in [4.69, 9.17) is 4.74 Å². The van der Waals surface area contributed by atoms with Crippen LogP contribution in [0.4, 0.5) is 5.00 Å². The minimum Gasteiger partial charge on any atom is -0.381 e. The predicted octanol–water partition coefficient (Wildman–Crippen LogP) is 2.88. The molecule has 0 saturated carbocycles. The maximum Gasteiger partial charge on any atom is 0.164 e. The van der Waals surface area contributed by atoms with Crippen molar-refractivity contribution >= 4 is 22.3 Å². The highest BCUT2D eigenvalue weighted by Crippen LogP contribution is 2.28. The molecule has 0 spiro atoms. The lowest BCUT2D eigenvalue weighted by Gasteiger charge is -2.28. The number of nitrogens with one attached hydrogen (secondary N) is 1. The zero-order valence-electron chi connectivity index (χ0n) is 11.2. The van der Waals surface area contributed by atoms with Crippen molar-refractivity contribution < 1.29 is 9.53 Å². The number of hydrogen-bond donors (Lipinski definition) is 1. The molecule has 1 aromatic heterocycles. The Morgan fingerprint density at radius 1 is 1.50 bits per heavy atom. The first-order valence-corrected chi connectivity index (χ1v) is 7.18. The number of aryl methyl sites for hydroxylation is 1. The smallest absolute Gasteiger partial charge is 0.164 e. The summed E-state index contributed by atoms with van der Waals surface area (Å²) >= 11 is 1.38. The second kappa shape index (κ2) is 5.80. The van der Waals surface area contributed by atoms with Crippen molar-refractivity contribution in [2.75, 3.05) is 18.5 Å². The van der Waals surface area contributed by atoms with E-state index < -0.39 is 0 Å². The number of rotatable bonds is 4. The first-order chi connectivity index (χ1) is 8.59. The molecule has 0 bridgehead atoms. The number of aromatic nitrogens is 1. The summed E-state index contributed by atoms with van der Waals surface area (Å²) in [6.45, 7) is 7.35. The van der Waals surface area contributed by atoms with Crippen molar-refractivity contribution in [2.24, 2.45) is 5.92 Å². The topological polar surface area (TPSA) is 51.2 Å². The van der Waals surface area contributed by atoms with Gasteiger partial charge in [0, 0.05) is 19.3 Å². The van der Waals surface area contributed by atoms with Gasteiger partial charge < -0.3 is 10.1 Å². The molecule has 0 radical (unpaired) electrons. The summed E-state index contributed by atoms with van der Waals surface area (Å²) in [5.74, 6) is 0.698. The van der Waals surface area contributed by atoms with Crippen molar-refractivity contribution in [3.8, 4) is 0 Å². The van der Waals surface area contributed by atoms with Crippen LogP contribution in [0.1, 0.15) is 42.7 Å². The fraction of sp³-hybridized carbons (Fsp3) is 0.692. The molecular weight excluding hydrogens is 248 g/mol. The Labute approximate surface area is 112 Å². The van der Waals surface area contributed by atoms with Crippen LogP contribution >= 0.6 is 11.5 Å². The first-order valence-electron chi connectivity index (χ1n) is 6.41. The number of ketones is 1. The third kappa shape index (κ3) is 2.90. The number of nitrogens with zero attached hydrogens (tertiary/aromatic N) is 1. The average Bonchev–Trinajstić information content (AvgIpc) is 2.71. The van der Waals surface area contributed by atoms with Crippen LogP contribution in [0.5, 0.6) is 0 Å². The van der Waals surface area contributed by atoms with Gasteiger partial charge in [-0.05, 0) is 51.1 Å². The first kappa shape index (κ1) is 13.5. The zero-order chi connectivity index (χ0) is 13.1. The zero-order valence-corrected chi connectivity index (χ0v) is 12.0. The standard InChI is InChI=1S/C13H20N2O2S/c1-8(11-4-6-17-7-5-11)14-13-12(10(3)16)9(2)15-18-13/h8,11,14H,4-7H2,1-3H3. The van der Waals surface area contributed by atoms with Gasteiger partial charge in [-0.25, -0.2) is 0 Å². The fourth-order valence-corrected chi connectivity index (χ4v) is 3.36. The lowest BCUT2D eigenvalue weighted by molar-refractivity contribution is 0.0622. The third-order valence-corrected chi connectivity index (χ3v) is 4.42. The quantitative estimate of drug-likeness (QED) is 0.853. The highest BCUT2D eigenvalue weighted by molar-refractivity contribution is 7.10. The molecule has 1 fully saturated rings. The highest BCUT2D eigenvalue weighted by atomic mass is 32.1. The second-order valence-corrected chi connectivity index (χ2v) is 5.68. The molecule has 18 heavy (non-hydrogen) atoms. The van der Waals surface area contributed by atoms with Gasteiger partial charge in [-0.15, -0.1) is 0 Å². The summed E-state index contributed by atoms with van der Waals surface area (Å²) in [7, 11) is 0. The van der Waals surface area contributed by atoms with Crippen LogP contribution in [0.3, 0.4) is 0 Å². The molecule has 2 rings (SSSR count). The van der Waals surface area contributed by atoms with Gasteiger partial charge in [-0.2, -0.15) is 4.37 Å². The SMILES string of the molecule is CC(=O)c1c(C)nsc1NC(C)C1CCOCC1. The monoisotopic (exact) mass is 268 g/mol. The van der Waals surface area contributed by atoms with Crippen molar-refractivity contribution in [1.82, 2.24) is 4.37 Å². The lowest BCUT2D eigenvalue weighted by atomic mass is 9.93. The molecule has 0 aromatic carbocycles. The number of Topliss-reactive ketones (excluding diaryl/α,β-unsaturated/α-hetero) is 1. The summed E-state index contributed by atoms with van der Waals surface area (Å²) in [6, 6.07) is 0.354. The summed E-state index contributed by atoms with van der Waals surface area (Å²) in [5, 5.41) is 4.38. The van der Waals surface area contributed by atoms with Gasteiger partial charge in [0.15, 0.2) is 5.78 Å². The van der Waals surface area contributed by atoms with Gasteiger partial charge >= 0.3 is 0 Å². The Bertz CT molecular complexity index is 425. The summed E-state index contributed by atoms with van der Waals surface area (Å²) in [4.78, 5) is 11.6. The molecule has 1 aliphatic heterocycles. The van der Waals surface area contributed by atoms with Crippen LogP contribution in [-0.2, 0) is 4.74 Å². The maximum atomic E-state index is 11.6. The van der Waals surface area contributed by atoms with Crippen LogP contribution in [0.2, 0.25) is 0 Å².